The van der Waals surface area contributed by atoms with Gasteiger partial charge in [-0.25, -0.2) is 0 Å². The van der Waals surface area contributed by atoms with Gasteiger partial charge < -0.3 is 10.4 Å². The van der Waals surface area contributed by atoms with E-state index in [1.54, 1.807) is 24.3 Å². The van der Waals surface area contributed by atoms with Crippen LogP contribution in [-0.4, -0.2) is 11.0 Å². The van der Waals surface area contributed by atoms with Gasteiger partial charge in [0.1, 0.15) is 17.4 Å². The van der Waals surface area contributed by atoms with Crippen LogP contribution >= 0.6 is 0 Å². The third-order valence-corrected chi connectivity index (χ3v) is 2.88. The molecule has 0 radical (unpaired) electrons. The Balaban J connectivity index is 2.17. The van der Waals surface area contributed by atoms with E-state index < -0.39 is 5.91 Å². The molecule has 0 heterocycles. The van der Waals surface area contributed by atoms with Crippen LogP contribution in [0.25, 0.3) is 6.08 Å². The molecule has 104 valence electrons. The highest BCUT2D eigenvalue weighted by Gasteiger charge is 2.09. The molecule has 2 aromatic carbocycles. The normalized spacial score (nSPS) is 10.8. The van der Waals surface area contributed by atoms with Gasteiger partial charge in [0.05, 0.1) is 0 Å². The Labute approximate surface area is 123 Å². The molecule has 2 N–H and O–H groups in total. The number of anilines is 1. The Hall–Kier alpha value is -3.06. The zero-order chi connectivity index (χ0) is 15.2. The maximum absolute atomic E-state index is 12.0. The first kappa shape index (κ1) is 14.4. The Morgan fingerprint density at radius 1 is 1.14 bits per heavy atom. The Bertz CT molecular complexity index is 708. The number of rotatable bonds is 3. The standard InChI is InChI=1S/C17H14N2O2/c1-12-2-6-15(7-3-12)19-17(21)14(11-18)10-13-4-8-16(20)9-5-13/h2-10,20H,1H3,(H,19,21)/b14-10-. The minimum absolute atomic E-state index is 0.00117. The first-order valence-corrected chi connectivity index (χ1v) is 6.37. The van der Waals surface area contributed by atoms with Crippen LogP contribution in [0.1, 0.15) is 11.1 Å². The number of phenolic OH excluding ortho intramolecular Hbond substituents is 1. The molecule has 0 spiro atoms. The van der Waals surface area contributed by atoms with Crippen molar-refractivity contribution in [2.24, 2.45) is 0 Å². The van der Waals surface area contributed by atoms with Gasteiger partial charge in [0.25, 0.3) is 5.91 Å². The van der Waals surface area contributed by atoms with Crippen LogP contribution in [-0.2, 0) is 4.79 Å². The summed E-state index contributed by atoms with van der Waals surface area (Å²) in [6.45, 7) is 1.96. The van der Waals surface area contributed by atoms with Crippen molar-refractivity contribution < 1.29 is 9.90 Å². The van der Waals surface area contributed by atoms with Crippen LogP contribution < -0.4 is 5.32 Å². The number of carbonyl (C=O) groups excluding carboxylic acids is 1. The highest BCUT2D eigenvalue weighted by atomic mass is 16.3. The number of benzene rings is 2. The molecule has 0 atom stereocenters. The predicted molar refractivity (Wildman–Crippen MR) is 81.5 cm³/mol. The van der Waals surface area contributed by atoms with Crippen molar-refractivity contribution in [3.63, 3.8) is 0 Å². The Morgan fingerprint density at radius 2 is 1.76 bits per heavy atom. The van der Waals surface area contributed by atoms with Gasteiger partial charge in [0, 0.05) is 5.69 Å². The second-order valence-electron chi connectivity index (χ2n) is 4.58. The summed E-state index contributed by atoms with van der Waals surface area (Å²) in [4.78, 5) is 12.0. The van der Waals surface area contributed by atoms with Crippen LogP contribution in [0.15, 0.2) is 54.1 Å². The van der Waals surface area contributed by atoms with Gasteiger partial charge in [-0.05, 0) is 42.8 Å². The number of nitriles is 1. The van der Waals surface area contributed by atoms with E-state index in [2.05, 4.69) is 5.32 Å². The first-order valence-electron chi connectivity index (χ1n) is 6.37. The fraction of sp³-hybridized carbons (Fsp3) is 0.0588. The minimum atomic E-state index is -0.463. The maximum atomic E-state index is 12.0. The van der Waals surface area contributed by atoms with Crippen molar-refractivity contribution in [2.75, 3.05) is 5.32 Å². The van der Waals surface area contributed by atoms with Gasteiger partial charge in [0.2, 0.25) is 0 Å². The molecule has 4 nitrogen and oxygen atoms in total. The molecule has 0 aromatic heterocycles. The third kappa shape index (κ3) is 3.95. The van der Waals surface area contributed by atoms with Crippen molar-refractivity contribution >= 4 is 17.7 Å². The molecule has 0 fully saturated rings. The van der Waals surface area contributed by atoms with Crippen LogP contribution in [0.3, 0.4) is 0 Å². The number of carbonyl (C=O) groups is 1. The van der Waals surface area contributed by atoms with Gasteiger partial charge in [0.15, 0.2) is 0 Å². The summed E-state index contributed by atoms with van der Waals surface area (Å²) in [5, 5.41) is 21.0. The molecular weight excluding hydrogens is 264 g/mol. The van der Waals surface area contributed by atoms with Crippen molar-refractivity contribution in [3.05, 3.63) is 65.2 Å². The summed E-state index contributed by atoms with van der Waals surface area (Å²) < 4.78 is 0. The average molecular weight is 278 g/mol. The van der Waals surface area contributed by atoms with Crippen molar-refractivity contribution in [2.45, 2.75) is 6.92 Å². The Morgan fingerprint density at radius 3 is 2.33 bits per heavy atom. The molecule has 0 unspecified atom stereocenters. The fourth-order valence-corrected chi connectivity index (χ4v) is 1.72. The number of amides is 1. The van der Waals surface area contributed by atoms with E-state index in [1.807, 2.05) is 25.1 Å². The van der Waals surface area contributed by atoms with E-state index in [0.717, 1.165) is 5.56 Å². The molecule has 4 heteroatoms. The summed E-state index contributed by atoms with van der Waals surface area (Å²) in [7, 11) is 0. The highest BCUT2D eigenvalue weighted by Crippen LogP contribution is 2.14. The number of nitrogens with one attached hydrogen (secondary N) is 1. The zero-order valence-corrected chi connectivity index (χ0v) is 11.5. The fourth-order valence-electron chi connectivity index (χ4n) is 1.72. The number of aromatic hydroxyl groups is 1. The third-order valence-electron chi connectivity index (χ3n) is 2.88. The molecule has 0 aliphatic rings. The number of hydrogen-bond acceptors (Lipinski definition) is 3. The van der Waals surface area contributed by atoms with Gasteiger partial charge in [-0.15, -0.1) is 0 Å². The van der Waals surface area contributed by atoms with Crippen molar-refractivity contribution in [1.82, 2.24) is 0 Å². The molecule has 0 aliphatic carbocycles. The van der Waals surface area contributed by atoms with E-state index in [9.17, 15) is 9.90 Å². The monoisotopic (exact) mass is 278 g/mol. The largest absolute Gasteiger partial charge is 0.508 e. The highest BCUT2D eigenvalue weighted by molar-refractivity contribution is 6.09. The molecule has 0 saturated heterocycles. The van der Waals surface area contributed by atoms with Crippen LogP contribution in [0, 0.1) is 18.3 Å². The van der Waals surface area contributed by atoms with E-state index in [0.29, 0.717) is 11.3 Å². The summed E-state index contributed by atoms with van der Waals surface area (Å²) in [5.74, 6) is -0.329. The second-order valence-corrected chi connectivity index (χ2v) is 4.58. The molecular formula is C17H14N2O2. The first-order chi connectivity index (χ1) is 10.1. The SMILES string of the molecule is Cc1ccc(NC(=O)/C(C#N)=C\c2ccc(O)cc2)cc1. The van der Waals surface area contributed by atoms with E-state index in [4.69, 9.17) is 5.26 Å². The number of nitrogens with zero attached hydrogens (tertiary/aromatic N) is 1. The van der Waals surface area contributed by atoms with Crippen LogP contribution in [0.5, 0.6) is 5.75 Å². The summed E-state index contributed by atoms with van der Waals surface area (Å²) in [5.41, 5.74) is 2.40. The second kappa shape index (κ2) is 6.40. The topological polar surface area (TPSA) is 73.1 Å². The Kier molecular flexibility index (Phi) is 4.37. The van der Waals surface area contributed by atoms with Crippen molar-refractivity contribution in [1.29, 1.82) is 5.26 Å². The lowest BCUT2D eigenvalue weighted by Crippen LogP contribution is -2.13. The number of phenols is 1. The summed E-state index contributed by atoms with van der Waals surface area (Å²) in [6.07, 6.45) is 1.48. The summed E-state index contributed by atoms with van der Waals surface area (Å²) in [6, 6.07) is 15.5. The van der Waals surface area contributed by atoms with Crippen LogP contribution in [0.2, 0.25) is 0 Å². The van der Waals surface area contributed by atoms with Gasteiger partial charge >= 0.3 is 0 Å². The van der Waals surface area contributed by atoms with Crippen molar-refractivity contribution in [3.8, 4) is 11.8 Å². The lowest BCUT2D eigenvalue weighted by atomic mass is 10.1. The van der Waals surface area contributed by atoms with Gasteiger partial charge in [-0.3, -0.25) is 4.79 Å². The minimum Gasteiger partial charge on any atom is -0.508 e. The molecule has 1 amide bonds. The average Bonchev–Trinajstić information content (AvgIpc) is 2.49. The lowest BCUT2D eigenvalue weighted by Gasteiger charge is -2.04. The van der Waals surface area contributed by atoms with Crippen LogP contribution in [0.4, 0.5) is 5.69 Å². The molecule has 2 rings (SSSR count). The predicted octanol–water partition coefficient (Wildman–Crippen LogP) is 3.25. The maximum Gasteiger partial charge on any atom is 0.266 e. The summed E-state index contributed by atoms with van der Waals surface area (Å²) >= 11 is 0. The molecule has 0 saturated carbocycles. The molecule has 21 heavy (non-hydrogen) atoms. The number of hydrogen-bond donors (Lipinski definition) is 2. The molecule has 0 aliphatic heterocycles. The van der Waals surface area contributed by atoms with E-state index in [-0.39, 0.29) is 11.3 Å². The smallest absolute Gasteiger partial charge is 0.266 e. The zero-order valence-electron chi connectivity index (χ0n) is 11.5. The van der Waals surface area contributed by atoms with E-state index >= 15 is 0 Å². The van der Waals surface area contributed by atoms with E-state index in [1.165, 1.54) is 18.2 Å². The lowest BCUT2D eigenvalue weighted by molar-refractivity contribution is -0.112. The molecule has 2 aromatic rings. The van der Waals surface area contributed by atoms with Gasteiger partial charge in [-0.2, -0.15) is 5.26 Å². The molecule has 0 bridgehead atoms. The number of aryl methyl sites for hydroxylation is 1. The quantitative estimate of drug-likeness (QED) is 0.668. The van der Waals surface area contributed by atoms with Gasteiger partial charge in [-0.1, -0.05) is 29.8 Å².